The number of ether oxygens (including phenoxy) is 1. The van der Waals surface area contributed by atoms with Gasteiger partial charge in [-0.25, -0.2) is 0 Å². The molecule has 0 bridgehead atoms. The average Bonchev–Trinajstić information content (AvgIpc) is 3.02. The number of Topliss-reactive ketones (excluding diaryl/α,β-unsaturated/α-hetero) is 1. The molecule has 1 saturated heterocycles. The van der Waals surface area contributed by atoms with Crippen LogP contribution in [0.3, 0.4) is 0 Å². The van der Waals surface area contributed by atoms with Crippen LogP contribution < -0.4 is 4.74 Å². The number of carbonyl (C=O) groups is 2. The van der Waals surface area contributed by atoms with E-state index < -0.39 is 0 Å². The largest absolute Gasteiger partial charge is 0.484 e. The molecule has 1 aliphatic heterocycles. The number of amides is 1. The fraction of sp³-hybridized carbons (Fsp3) is 0.500. The van der Waals surface area contributed by atoms with Gasteiger partial charge in [0.05, 0.1) is 6.54 Å². The number of rotatable bonds is 7. The van der Waals surface area contributed by atoms with Gasteiger partial charge in [-0.15, -0.1) is 0 Å². The van der Waals surface area contributed by atoms with E-state index in [-0.39, 0.29) is 18.3 Å². The van der Waals surface area contributed by atoms with Gasteiger partial charge >= 0.3 is 0 Å². The van der Waals surface area contributed by atoms with E-state index in [9.17, 15) is 9.59 Å². The minimum atomic E-state index is -0.0120. The van der Waals surface area contributed by atoms with Crippen LogP contribution in [0, 0.1) is 20.8 Å². The summed E-state index contributed by atoms with van der Waals surface area (Å²) >= 11 is 0. The Morgan fingerprint density at radius 1 is 1.00 bits per heavy atom. The summed E-state index contributed by atoms with van der Waals surface area (Å²) in [7, 11) is 0. The summed E-state index contributed by atoms with van der Waals surface area (Å²) in [4.78, 5) is 29.3. The zero-order valence-electron chi connectivity index (χ0n) is 18.8. The predicted molar refractivity (Wildman–Crippen MR) is 118 cm³/mol. The van der Waals surface area contributed by atoms with Crippen molar-refractivity contribution >= 4 is 11.7 Å². The molecule has 1 aromatic carbocycles. The van der Waals surface area contributed by atoms with Crippen LogP contribution in [0.2, 0.25) is 0 Å². The minimum absolute atomic E-state index is 0.0120. The first-order chi connectivity index (χ1) is 14.3. The molecule has 0 saturated carbocycles. The first-order valence-electron chi connectivity index (χ1n) is 10.7. The highest BCUT2D eigenvalue weighted by molar-refractivity contribution is 5.99. The van der Waals surface area contributed by atoms with E-state index in [2.05, 4.69) is 23.3 Å². The van der Waals surface area contributed by atoms with Crippen molar-refractivity contribution in [2.24, 2.45) is 0 Å². The summed E-state index contributed by atoms with van der Waals surface area (Å²) in [6, 6.07) is 10.0. The smallest absolute Gasteiger partial charge is 0.260 e. The molecule has 1 aromatic heterocycles. The molecule has 0 unspecified atom stereocenters. The summed E-state index contributed by atoms with van der Waals surface area (Å²) in [5.74, 6) is 0.844. The molecule has 0 aliphatic carbocycles. The minimum Gasteiger partial charge on any atom is -0.484 e. The molecule has 30 heavy (non-hydrogen) atoms. The van der Waals surface area contributed by atoms with Crippen LogP contribution in [-0.4, -0.2) is 65.4 Å². The highest BCUT2D eigenvalue weighted by atomic mass is 16.5. The highest BCUT2D eigenvalue weighted by Gasteiger charge is 2.24. The normalized spacial score (nSPS) is 14.9. The summed E-state index contributed by atoms with van der Waals surface area (Å²) in [6.45, 7) is 13.4. The number of aromatic nitrogens is 1. The van der Waals surface area contributed by atoms with Gasteiger partial charge in [-0.05, 0) is 52.8 Å². The molecule has 0 N–H and O–H groups in total. The molecule has 0 atom stereocenters. The Hall–Kier alpha value is -2.60. The first kappa shape index (κ1) is 22.1. The van der Waals surface area contributed by atoms with E-state index >= 15 is 0 Å². The number of benzene rings is 1. The summed E-state index contributed by atoms with van der Waals surface area (Å²) < 4.78 is 7.82. The standard InChI is InChI=1S/C24H33N3O3/c1-17(2)27-19(4)14-22(20(27)5)23(28)15-25-10-12-26(13-11-25)24(29)16-30-21-8-6-18(3)7-9-21/h6-9,14,17H,10-13,15-16H2,1-5H3. The number of nitrogens with zero attached hydrogens (tertiary/aromatic N) is 3. The third kappa shape index (κ3) is 5.11. The lowest BCUT2D eigenvalue weighted by Gasteiger charge is -2.34. The van der Waals surface area contributed by atoms with Crippen LogP contribution in [0.15, 0.2) is 30.3 Å². The molecule has 6 heteroatoms. The monoisotopic (exact) mass is 411 g/mol. The third-order valence-electron chi connectivity index (χ3n) is 5.78. The van der Waals surface area contributed by atoms with Gasteiger partial charge in [0, 0.05) is 49.2 Å². The number of piperazine rings is 1. The zero-order chi connectivity index (χ0) is 21.8. The van der Waals surface area contributed by atoms with Crippen LogP contribution in [0.1, 0.15) is 47.2 Å². The van der Waals surface area contributed by atoms with E-state index in [1.165, 1.54) is 0 Å². The SMILES string of the molecule is Cc1ccc(OCC(=O)N2CCN(CC(=O)c3cc(C)n(C(C)C)c3C)CC2)cc1. The van der Waals surface area contributed by atoms with E-state index in [0.717, 1.165) is 22.5 Å². The summed E-state index contributed by atoms with van der Waals surface area (Å²) in [6.07, 6.45) is 0. The lowest BCUT2D eigenvalue weighted by atomic mass is 10.1. The second kappa shape index (κ2) is 9.47. The maximum atomic E-state index is 12.9. The van der Waals surface area contributed by atoms with Gasteiger partial charge < -0.3 is 14.2 Å². The van der Waals surface area contributed by atoms with Crippen LogP contribution in [0.25, 0.3) is 0 Å². The molecular weight excluding hydrogens is 378 g/mol. The number of hydrogen-bond donors (Lipinski definition) is 0. The number of carbonyl (C=O) groups excluding carboxylic acids is 2. The lowest BCUT2D eigenvalue weighted by molar-refractivity contribution is -0.135. The Bertz CT molecular complexity index is 891. The highest BCUT2D eigenvalue weighted by Crippen LogP contribution is 2.21. The Balaban J connectivity index is 1.48. The van der Waals surface area contributed by atoms with Gasteiger partial charge in [0.25, 0.3) is 5.91 Å². The Labute approximate surface area is 179 Å². The molecule has 1 aliphatic rings. The van der Waals surface area contributed by atoms with E-state index in [1.54, 1.807) is 0 Å². The first-order valence-corrected chi connectivity index (χ1v) is 10.7. The van der Waals surface area contributed by atoms with Crippen LogP contribution >= 0.6 is 0 Å². The Morgan fingerprint density at radius 3 is 2.20 bits per heavy atom. The molecule has 2 aromatic rings. The van der Waals surface area contributed by atoms with Crippen molar-refractivity contribution < 1.29 is 14.3 Å². The summed E-state index contributed by atoms with van der Waals surface area (Å²) in [5, 5.41) is 0. The molecule has 162 valence electrons. The average molecular weight is 412 g/mol. The van der Waals surface area contributed by atoms with Gasteiger partial charge in [-0.1, -0.05) is 17.7 Å². The van der Waals surface area contributed by atoms with E-state index in [0.29, 0.717) is 44.5 Å². The second-order valence-electron chi connectivity index (χ2n) is 8.43. The second-order valence-corrected chi connectivity index (χ2v) is 8.43. The maximum Gasteiger partial charge on any atom is 0.260 e. The van der Waals surface area contributed by atoms with Gasteiger partial charge in [0.1, 0.15) is 5.75 Å². The molecule has 2 heterocycles. The molecular formula is C24H33N3O3. The molecule has 1 fully saturated rings. The van der Waals surface area contributed by atoms with E-state index in [1.807, 2.05) is 56.0 Å². The Kier molecular flexibility index (Phi) is 6.98. The maximum absolute atomic E-state index is 12.9. The number of aryl methyl sites for hydroxylation is 2. The topological polar surface area (TPSA) is 54.8 Å². The molecule has 0 spiro atoms. The lowest BCUT2D eigenvalue weighted by Crippen LogP contribution is -2.51. The van der Waals surface area contributed by atoms with Crippen LogP contribution in [0.4, 0.5) is 0 Å². The van der Waals surface area contributed by atoms with Gasteiger partial charge in [-0.3, -0.25) is 14.5 Å². The fourth-order valence-corrected chi connectivity index (χ4v) is 4.17. The van der Waals surface area contributed by atoms with Crippen LogP contribution in [0.5, 0.6) is 5.75 Å². The van der Waals surface area contributed by atoms with Crippen molar-refractivity contribution in [1.82, 2.24) is 14.4 Å². The zero-order valence-corrected chi connectivity index (χ0v) is 18.8. The van der Waals surface area contributed by atoms with Gasteiger partial charge in [-0.2, -0.15) is 0 Å². The van der Waals surface area contributed by atoms with Crippen molar-refractivity contribution in [3.8, 4) is 5.75 Å². The fourth-order valence-electron chi connectivity index (χ4n) is 4.17. The van der Waals surface area contributed by atoms with Crippen molar-refractivity contribution in [2.75, 3.05) is 39.3 Å². The number of ketones is 1. The van der Waals surface area contributed by atoms with Crippen LogP contribution in [-0.2, 0) is 4.79 Å². The third-order valence-corrected chi connectivity index (χ3v) is 5.78. The number of hydrogen-bond acceptors (Lipinski definition) is 4. The quantitative estimate of drug-likeness (QED) is 0.656. The van der Waals surface area contributed by atoms with Gasteiger partial charge in [0.2, 0.25) is 0 Å². The van der Waals surface area contributed by atoms with Crippen molar-refractivity contribution in [2.45, 2.75) is 40.7 Å². The van der Waals surface area contributed by atoms with E-state index in [4.69, 9.17) is 4.74 Å². The Morgan fingerprint density at radius 2 is 1.63 bits per heavy atom. The van der Waals surface area contributed by atoms with Crippen molar-refractivity contribution in [3.05, 3.63) is 52.8 Å². The molecule has 0 radical (unpaired) electrons. The molecule has 6 nitrogen and oxygen atoms in total. The summed E-state index contributed by atoms with van der Waals surface area (Å²) in [5.41, 5.74) is 4.13. The molecule has 3 rings (SSSR count). The van der Waals surface area contributed by atoms with Crippen molar-refractivity contribution in [1.29, 1.82) is 0 Å². The predicted octanol–water partition coefficient (Wildman–Crippen LogP) is 3.40. The van der Waals surface area contributed by atoms with Gasteiger partial charge in [0.15, 0.2) is 12.4 Å². The van der Waals surface area contributed by atoms with Crippen molar-refractivity contribution in [3.63, 3.8) is 0 Å². The molecule has 1 amide bonds.